The fourth-order valence-electron chi connectivity index (χ4n) is 3.06. The van der Waals surface area contributed by atoms with Crippen molar-refractivity contribution in [3.8, 4) is 0 Å². The molecule has 2 aliphatic rings. The molecular weight excluding hydrogens is 184 g/mol. The number of amidine groups is 1. The highest BCUT2D eigenvalue weighted by Crippen LogP contribution is 2.54. The Kier molecular flexibility index (Phi) is 2.26. The third kappa shape index (κ3) is 1.26. The second-order valence-corrected chi connectivity index (χ2v) is 4.94. The number of halogens is 1. The molecule has 0 aromatic rings. The number of nitrogens with zero attached hydrogens (tertiary/aromatic N) is 1. The summed E-state index contributed by atoms with van der Waals surface area (Å²) in [5, 5.41) is 3.14. The van der Waals surface area contributed by atoms with Crippen molar-refractivity contribution in [1.82, 2.24) is 5.32 Å². The normalized spacial score (nSPS) is 44.1. The lowest BCUT2D eigenvalue weighted by molar-refractivity contribution is 0.434. The fourth-order valence-corrected chi connectivity index (χ4v) is 3.65. The zero-order valence-electron chi connectivity index (χ0n) is 8.31. The summed E-state index contributed by atoms with van der Waals surface area (Å²) in [7, 11) is 3.74. The maximum absolute atomic E-state index is 6.64. The topological polar surface area (TPSA) is 24.4 Å². The summed E-state index contributed by atoms with van der Waals surface area (Å²) in [5.41, 5.74) is 0. The van der Waals surface area contributed by atoms with E-state index in [2.05, 4.69) is 10.3 Å². The predicted molar refractivity (Wildman–Crippen MR) is 56.5 cm³/mol. The molecule has 3 heteroatoms. The van der Waals surface area contributed by atoms with Crippen molar-refractivity contribution in [1.29, 1.82) is 0 Å². The molecule has 2 nitrogen and oxygen atoms in total. The van der Waals surface area contributed by atoms with E-state index in [9.17, 15) is 0 Å². The molecule has 74 valence electrons. The Hall–Kier alpha value is -0.240. The Morgan fingerprint density at radius 2 is 2.31 bits per heavy atom. The summed E-state index contributed by atoms with van der Waals surface area (Å²) in [5.74, 6) is 2.50. The molecule has 0 aromatic carbocycles. The van der Waals surface area contributed by atoms with Gasteiger partial charge in [0.05, 0.1) is 0 Å². The SMILES string of the molecule is CN=C(NC)[C@]1(Cl)C[C@H]2CC[C@@H]1C2. The molecular formula is C10H17ClN2. The Morgan fingerprint density at radius 1 is 1.54 bits per heavy atom. The molecule has 3 atom stereocenters. The lowest BCUT2D eigenvalue weighted by Gasteiger charge is -2.32. The van der Waals surface area contributed by atoms with E-state index >= 15 is 0 Å². The number of hydrogen-bond donors (Lipinski definition) is 1. The van der Waals surface area contributed by atoms with Crippen LogP contribution in [-0.4, -0.2) is 24.8 Å². The third-order valence-corrected chi connectivity index (χ3v) is 4.27. The highest BCUT2D eigenvalue weighted by atomic mass is 35.5. The number of hydrogen-bond acceptors (Lipinski definition) is 1. The van der Waals surface area contributed by atoms with Gasteiger partial charge in [0.15, 0.2) is 0 Å². The summed E-state index contributed by atoms with van der Waals surface area (Å²) in [6.07, 6.45) is 5.09. The zero-order chi connectivity index (χ0) is 9.47. The molecule has 0 saturated heterocycles. The Morgan fingerprint density at radius 3 is 2.69 bits per heavy atom. The molecule has 2 fully saturated rings. The second-order valence-electron chi connectivity index (χ2n) is 4.26. The third-order valence-electron chi connectivity index (χ3n) is 3.63. The van der Waals surface area contributed by atoms with E-state index in [0.29, 0.717) is 5.92 Å². The summed E-state index contributed by atoms with van der Waals surface area (Å²) in [4.78, 5) is 4.09. The molecule has 0 radical (unpaired) electrons. The van der Waals surface area contributed by atoms with Gasteiger partial charge in [-0.15, -0.1) is 11.6 Å². The van der Waals surface area contributed by atoms with Crippen LogP contribution >= 0.6 is 11.6 Å². The maximum atomic E-state index is 6.64. The van der Waals surface area contributed by atoms with Gasteiger partial charge < -0.3 is 5.32 Å². The van der Waals surface area contributed by atoms with Gasteiger partial charge in [-0.2, -0.15) is 0 Å². The van der Waals surface area contributed by atoms with Gasteiger partial charge in [-0.05, 0) is 31.1 Å². The van der Waals surface area contributed by atoms with Crippen LogP contribution in [0.15, 0.2) is 4.99 Å². The van der Waals surface area contributed by atoms with Crippen LogP contribution in [0.2, 0.25) is 0 Å². The van der Waals surface area contributed by atoms with E-state index in [4.69, 9.17) is 11.6 Å². The average Bonchev–Trinajstić information content (AvgIpc) is 2.65. The van der Waals surface area contributed by atoms with Crippen molar-refractivity contribution in [3.63, 3.8) is 0 Å². The van der Waals surface area contributed by atoms with E-state index in [-0.39, 0.29) is 4.87 Å². The Labute approximate surface area is 84.8 Å². The van der Waals surface area contributed by atoms with E-state index < -0.39 is 0 Å². The van der Waals surface area contributed by atoms with E-state index in [1.165, 1.54) is 19.3 Å². The van der Waals surface area contributed by atoms with Gasteiger partial charge in [0.1, 0.15) is 10.7 Å². The molecule has 2 bridgehead atoms. The second kappa shape index (κ2) is 3.16. The maximum Gasteiger partial charge on any atom is 0.117 e. The lowest BCUT2D eigenvalue weighted by atomic mass is 9.87. The van der Waals surface area contributed by atoms with Crippen molar-refractivity contribution in [2.45, 2.75) is 30.6 Å². The minimum absolute atomic E-state index is 0.160. The first kappa shape index (κ1) is 9.32. The fraction of sp³-hybridized carbons (Fsp3) is 0.900. The van der Waals surface area contributed by atoms with Crippen molar-refractivity contribution in [2.75, 3.05) is 14.1 Å². The first-order valence-corrected chi connectivity index (χ1v) is 5.42. The van der Waals surface area contributed by atoms with Gasteiger partial charge in [-0.25, -0.2) is 0 Å². The van der Waals surface area contributed by atoms with E-state index in [1.807, 2.05) is 14.1 Å². The molecule has 0 aromatic heterocycles. The van der Waals surface area contributed by atoms with E-state index in [0.717, 1.165) is 18.2 Å². The van der Waals surface area contributed by atoms with Crippen molar-refractivity contribution < 1.29 is 0 Å². The van der Waals surface area contributed by atoms with Crippen LogP contribution in [-0.2, 0) is 0 Å². The van der Waals surface area contributed by atoms with Gasteiger partial charge in [-0.3, -0.25) is 4.99 Å². The first-order chi connectivity index (χ1) is 6.20. The van der Waals surface area contributed by atoms with Crippen LogP contribution in [0.1, 0.15) is 25.7 Å². The van der Waals surface area contributed by atoms with Gasteiger partial charge >= 0.3 is 0 Å². The smallest absolute Gasteiger partial charge is 0.117 e. The monoisotopic (exact) mass is 200 g/mol. The van der Waals surface area contributed by atoms with E-state index in [1.54, 1.807) is 0 Å². The minimum atomic E-state index is -0.160. The van der Waals surface area contributed by atoms with Gasteiger partial charge in [-0.1, -0.05) is 6.42 Å². The molecule has 0 spiro atoms. The van der Waals surface area contributed by atoms with Crippen LogP contribution in [0.3, 0.4) is 0 Å². The molecule has 0 heterocycles. The van der Waals surface area contributed by atoms with Crippen molar-refractivity contribution in [3.05, 3.63) is 0 Å². The molecule has 2 aliphatic carbocycles. The highest BCUT2D eigenvalue weighted by Gasteiger charge is 2.52. The molecule has 2 rings (SSSR count). The summed E-state index contributed by atoms with van der Waals surface area (Å²) < 4.78 is 0. The minimum Gasteiger partial charge on any atom is -0.375 e. The van der Waals surface area contributed by atoms with Crippen molar-refractivity contribution >= 4 is 17.4 Å². The van der Waals surface area contributed by atoms with Crippen LogP contribution in [0, 0.1) is 11.8 Å². The molecule has 1 N–H and O–H groups in total. The molecule has 0 unspecified atom stereocenters. The number of fused-ring (bicyclic) bond motifs is 2. The summed E-state index contributed by atoms with van der Waals surface area (Å²) in [6, 6.07) is 0. The quantitative estimate of drug-likeness (QED) is 0.391. The average molecular weight is 201 g/mol. The van der Waals surface area contributed by atoms with Gasteiger partial charge in [0.25, 0.3) is 0 Å². The predicted octanol–water partition coefficient (Wildman–Crippen LogP) is 2.03. The molecule has 0 aliphatic heterocycles. The Bertz CT molecular complexity index is 239. The Balaban J connectivity index is 2.21. The van der Waals surface area contributed by atoms with Gasteiger partial charge in [0.2, 0.25) is 0 Å². The van der Waals surface area contributed by atoms with Crippen LogP contribution in [0.4, 0.5) is 0 Å². The molecule has 0 amide bonds. The van der Waals surface area contributed by atoms with Crippen LogP contribution in [0.25, 0.3) is 0 Å². The largest absolute Gasteiger partial charge is 0.375 e. The number of aliphatic imine (C=N–C) groups is 1. The van der Waals surface area contributed by atoms with Crippen molar-refractivity contribution in [2.24, 2.45) is 16.8 Å². The van der Waals surface area contributed by atoms with Crippen LogP contribution < -0.4 is 5.32 Å². The van der Waals surface area contributed by atoms with Crippen LogP contribution in [0.5, 0.6) is 0 Å². The number of alkyl halides is 1. The number of nitrogens with one attached hydrogen (secondary N) is 1. The lowest BCUT2D eigenvalue weighted by Crippen LogP contribution is -2.44. The molecule has 13 heavy (non-hydrogen) atoms. The zero-order valence-corrected chi connectivity index (χ0v) is 9.06. The summed E-state index contributed by atoms with van der Waals surface area (Å²) in [6.45, 7) is 0. The molecule has 2 saturated carbocycles. The van der Waals surface area contributed by atoms with Gasteiger partial charge in [0, 0.05) is 14.1 Å². The highest BCUT2D eigenvalue weighted by molar-refractivity contribution is 6.36. The standard InChI is InChI=1S/C10H17ClN2/c1-12-9(13-2)10(11)6-7-3-4-8(10)5-7/h7-8H,3-6H2,1-2H3,(H,12,13)/t7-,8+,10-/m0/s1. The first-order valence-electron chi connectivity index (χ1n) is 5.04. The summed E-state index contributed by atoms with van der Waals surface area (Å²) >= 11 is 6.64. The number of rotatable bonds is 1.